The number of rotatable bonds is 3. The van der Waals surface area contributed by atoms with Gasteiger partial charge in [0.2, 0.25) is 5.91 Å². The Morgan fingerprint density at radius 2 is 1.79 bits per heavy atom. The molecule has 2 amide bonds. The van der Waals surface area contributed by atoms with Crippen LogP contribution in [0.3, 0.4) is 0 Å². The third kappa shape index (κ3) is 4.03. The summed E-state index contributed by atoms with van der Waals surface area (Å²) in [6.45, 7) is 2.13. The van der Waals surface area contributed by atoms with Gasteiger partial charge in [-0.25, -0.2) is 4.98 Å². The Labute approximate surface area is 167 Å². The molecule has 7 heteroatoms. The third-order valence-electron chi connectivity index (χ3n) is 5.02. The third-order valence-corrected chi connectivity index (χ3v) is 5.02. The van der Waals surface area contributed by atoms with Gasteiger partial charge in [-0.1, -0.05) is 12.5 Å². The summed E-state index contributed by atoms with van der Waals surface area (Å²) in [4.78, 5) is 41.4. The van der Waals surface area contributed by atoms with Crippen LogP contribution < -0.4 is 16.2 Å². The minimum absolute atomic E-state index is 0.0399. The number of amides is 2. The molecule has 0 atom stereocenters. The van der Waals surface area contributed by atoms with Crippen molar-refractivity contribution in [2.45, 2.75) is 39.2 Å². The molecule has 0 unspecified atom stereocenters. The molecule has 0 bridgehead atoms. The minimum atomic E-state index is -0.302. The first-order valence-corrected chi connectivity index (χ1v) is 9.74. The fourth-order valence-corrected chi connectivity index (χ4v) is 3.64. The number of hydrogen-bond donors (Lipinski definition) is 2. The standard InChI is InChI=1S/C22H22N4O3/c1-14(27)23-16-6-5-7-17(13-16)24-21(28)15-9-10-18-19(12-15)25-20-8-3-2-4-11-26(20)22(18)29/h5-7,9-10,12-13H,2-4,8,11H2,1H3,(H,23,27)(H,24,28). The average molecular weight is 390 g/mol. The number of benzene rings is 2. The fraction of sp³-hybridized carbons (Fsp3) is 0.273. The second kappa shape index (κ2) is 7.87. The SMILES string of the molecule is CC(=O)Nc1cccc(NC(=O)c2ccc3c(=O)n4c(nc3c2)CCCCC4)c1. The van der Waals surface area contributed by atoms with Crippen LogP contribution in [0.1, 0.15) is 42.4 Å². The van der Waals surface area contributed by atoms with E-state index in [2.05, 4.69) is 15.6 Å². The van der Waals surface area contributed by atoms with Crippen LogP contribution in [0.5, 0.6) is 0 Å². The molecule has 0 fully saturated rings. The Kier molecular flexibility index (Phi) is 5.12. The Balaban J connectivity index is 1.63. The molecule has 4 rings (SSSR count). The molecule has 0 radical (unpaired) electrons. The van der Waals surface area contributed by atoms with Crippen LogP contribution >= 0.6 is 0 Å². The molecule has 3 aromatic rings. The molecule has 2 aromatic carbocycles. The lowest BCUT2D eigenvalue weighted by atomic mass is 10.1. The van der Waals surface area contributed by atoms with Crippen molar-refractivity contribution < 1.29 is 9.59 Å². The van der Waals surface area contributed by atoms with E-state index in [0.29, 0.717) is 34.4 Å². The molecule has 2 N–H and O–H groups in total. The molecular weight excluding hydrogens is 368 g/mol. The quantitative estimate of drug-likeness (QED) is 0.717. The van der Waals surface area contributed by atoms with Crippen LogP contribution in [0.2, 0.25) is 0 Å². The maximum Gasteiger partial charge on any atom is 0.261 e. The number of nitrogens with one attached hydrogen (secondary N) is 2. The second-order valence-electron chi connectivity index (χ2n) is 7.24. The van der Waals surface area contributed by atoms with Crippen LogP contribution in [-0.4, -0.2) is 21.4 Å². The molecule has 0 aliphatic carbocycles. The summed E-state index contributed by atoms with van der Waals surface area (Å²) in [5.41, 5.74) is 2.10. The maximum atomic E-state index is 12.8. The van der Waals surface area contributed by atoms with Gasteiger partial charge in [-0.3, -0.25) is 19.0 Å². The Bertz CT molecular complexity index is 1170. The van der Waals surface area contributed by atoms with Crippen molar-refractivity contribution in [3.8, 4) is 0 Å². The highest BCUT2D eigenvalue weighted by atomic mass is 16.2. The van der Waals surface area contributed by atoms with Crippen LogP contribution in [0.4, 0.5) is 11.4 Å². The zero-order chi connectivity index (χ0) is 20.4. The first-order chi connectivity index (χ1) is 14.0. The molecular formula is C22H22N4O3. The van der Waals surface area contributed by atoms with Gasteiger partial charge in [-0.05, 0) is 49.2 Å². The summed E-state index contributed by atoms with van der Waals surface area (Å²) < 4.78 is 1.77. The molecule has 7 nitrogen and oxygen atoms in total. The van der Waals surface area contributed by atoms with E-state index in [1.54, 1.807) is 47.0 Å². The number of aryl methyl sites for hydroxylation is 1. The zero-order valence-corrected chi connectivity index (χ0v) is 16.2. The topological polar surface area (TPSA) is 93.1 Å². The van der Waals surface area contributed by atoms with Gasteiger partial charge >= 0.3 is 0 Å². The smallest absolute Gasteiger partial charge is 0.261 e. The molecule has 2 heterocycles. The van der Waals surface area contributed by atoms with Crippen molar-refractivity contribution in [3.05, 3.63) is 64.2 Å². The molecule has 0 saturated heterocycles. The lowest BCUT2D eigenvalue weighted by molar-refractivity contribution is -0.114. The number of aromatic nitrogens is 2. The van der Waals surface area contributed by atoms with Gasteiger partial charge in [-0.2, -0.15) is 0 Å². The molecule has 1 aromatic heterocycles. The highest BCUT2D eigenvalue weighted by molar-refractivity contribution is 6.06. The number of hydrogen-bond acceptors (Lipinski definition) is 4. The first kappa shape index (κ1) is 18.9. The summed E-state index contributed by atoms with van der Waals surface area (Å²) >= 11 is 0. The highest BCUT2D eigenvalue weighted by Gasteiger charge is 2.15. The van der Waals surface area contributed by atoms with Crippen molar-refractivity contribution in [2.75, 3.05) is 10.6 Å². The molecule has 29 heavy (non-hydrogen) atoms. The van der Waals surface area contributed by atoms with E-state index >= 15 is 0 Å². The van der Waals surface area contributed by atoms with Crippen molar-refractivity contribution in [3.63, 3.8) is 0 Å². The largest absolute Gasteiger partial charge is 0.326 e. The number of carbonyl (C=O) groups is 2. The summed E-state index contributed by atoms with van der Waals surface area (Å²) in [6.07, 6.45) is 3.86. The predicted molar refractivity (Wildman–Crippen MR) is 112 cm³/mol. The van der Waals surface area contributed by atoms with Gasteiger partial charge in [0, 0.05) is 36.8 Å². The van der Waals surface area contributed by atoms with E-state index in [1.165, 1.54) is 6.92 Å². The Morgan fingerprint density at radius 1 is 1.00 bits per heavy atom. The van der Waals surface area contributed by atoms with Crippen LogP contribution in [-0.2, 0) is 17.8 Å². The Morgan fingerprint density at radius 3 is 2.59 bits per heavy atom. The summed E-state index contributed by atoms with van der Waals surface area (Å²) in [5, 5.41) is 6.04. The zero-order valence-electron chi connectivity index (χ0n) is 16.2. The number of carbonyl (C=O) groups excluding carboxylic acids is 2. The number of nitrogens with zero attached hydrogens (tertiary/aromatic N) is 2. The van der Waals surface area contributed by atoms with Crippen molar-refractivity contribution >= 4 is 34.1 Å². The van der Waals surface area contributed by atoms with E-state index in [9.17, 15) is 14.4 Å². The molecule has 1 aliphatic heterocycles. The van der Waals surface area contributed by atoms with E-state index in [4.69, 9.17) is 0 Å². The lowest BCUT2D eigenvalue weighted by Crippen LogP contribution is -2.24. The predicted octanol–water partition coefficient (Wildman–Crippen LogP) is 3.33. The van der Waals surface area contributed by atoms with E-state index in [-0.39, 0.29) is 17.4 Å². The van der Waals surface area contributed by atoms with Gasteiger partial charge in [-0.15, -0.1) is 0 Å². The van der Waals surface area contributed by atoms with Gasteiger partial charge in [0.15, 0.2) is 0 Å². The average Bonchev–Trinajstić information content (AvgIpc) is 2.93. The number of anilines is 2. The maximum absolute atomic E-state index is 12.8. The monoisotopic (exact) mass is 390 g/mol. The van der Waals surface area contributed by atoms with E-state index in [1.807, 2.05) is 0 Å². The first-order valence-electron chi connectivity index (χ1n) is 9.74. The van der Waals surface area contributed by atoms with Gasteiger partial charge in [0.05, 0.1) is 10.9 Å². The van der Waals surface area contributed by atoms with Crippen molar-refractivity contribution in [2.24, 2.45) is 0 Å². The van der Waals surface area contributed by atoms with Gasteiger partial charge in [0.25, 0.3) is 11.5 Å². The van der Waals surface area contributed by atoms with E-state index in [0.717, 1.165) is 31.5 Å². The van der Waals surface area contributed by atoms with Crippen LogP contribution in [0.25, 0.3) is 10.9 Å². The molecule has 0 spiro atoms. The van der Waals surface area contributed by atoms with E-state index < -0.39 is 0 Å². The Hall–Kier alpha value is -3.48. The normalized spacial score (nSPS) is 13.4. The van der Waals surface area contributed by atoms with Crippen molar-refractivity contribution in [1.82, 2.24) is 9.55 Å². The number of fused-ring (bicyclic) bond motifs is 2. The molecule has 148 valence electrons. The lowest BCUT2D eigenvalue weighted by Gasteiger charge is -2.11. The fourth-order valence-electron chi connectivity index (χ4n) is 3.64. The summed E-state index contributed by atoms with van der Waals surface area (Å²) in [7, 11) is 0. The minimum Gasteiger partial charge on any atom is -0.326 e. The highest BCUT2D eigenvalue weighted by Crippen LogP contribution is 2.19. The van der Waals surface area contributed by atoms with Crippen LogP contribution in [0.15, 0.2) is 47.3 Å². The summed E-state index contributed by atoms with van der Waals surface area (Å²) in [5.74, 6) is 0.309. The van der Waals surface area contributed by atoms with Crippen LogP contribution in [0, 0.1) is 0 Å². The molecule has 0 saturated carbocycles. The molecule has 1 aliphatic rings. The summed E-state index contributed by atoms with van der Waals surface area (Å²) in [6, 6.07) is 11.9. The van der Waals surface area contributed by atoms with Gasteiger partial charge in [0.1, 0.15) is 5.82 Å². The van der Waals surface area contributed by atoms with Gasteiger partial charge < -0.3 is 10.6 Å². The second-order valence-corrected chi connectivity index (χ2v) is 7.24. The van der Waals surface area contributed by atoms with Crippen molar-refractivity contribution in [1.29, 1.82) is 0 Å².